The maximum absolute atomic E-state index is 12.1. The molecule has 2 aliphatic heterocycles. The number of hydrogen-bond acceptors (Lipinski definition) is 7. The topological polar surface area (TPSA) is 150 Å². The van der Waals surface area contributed by atoms with Crippen LogP contribution in [0, 0.1) is 0 Å². The molecule has 206 valence electrons. The third kappa shape index (κ3) is 8.64. The highest BCUT2D eigenvalue weighted by Crippen LogP contribution is 2.33. The summed E-state index contributed by atoms with van der Waals surface area (Å²) in [5, 5.41) is 29.7. The normalized spacial score (nSPS) is 20.0. The molecule has 2 fully saturated rings. The minimum absolute atomic E-state index is 0.0593. The summed E-state index contributed by atoms with van der Waals surface area (Å²) in [5.41, 5.74) is 1.87. The summed E-state index contributed by atoms with van der Waals surface area (Å²) in [6, 6.07) is 7.34. The van der Waals surface area contributed by atoms with E-state index in [1.807, 2.05) is 23.9 Å². The number of amides is 4. The minimum atomic E-state index is -0.128. The molecule has 3 heterocycles. The minimum Gasteiger partial charge on any atom is -0.508 e. The molecule has 0 radical (unpaired) electrons. The number of phenols is 1. The Kier molecular flexibility index (Phi) is 10.2. The number of aromatic hydroxyl groups is 1. The molecule has 5 N–H and O–H groups in total. The highest BCUT2D eigenvalue weighted by Gasteiger charge is 2.42. The average Bonchev–Trinajstić information content (AvgIpc) is 3.59. The largest absolute Gasteiger partial charge is 0.508 e. The smallest absolute Gasteiger partial charge is 0.315 e. The van der Waals surface area contributed by atoms with E-state index in [-0.39, 0.29) is 42.2 Å². The van der Waals surface area contributed by atoms with E-state index in [1.165, 1.54) is 4.68 Å². The lowest BCUT2D eigenvalue weighted by molar-refractivity contribution is -0.122. The molecule has 2 saturated heterocycles. The quantitative estimate of drug-likeness (QED) is 0.169. The summed E-state index contributed by atoms with van der Waals surface area (Å²) < 4.78 is 1.54. The monoisotopic (exact) mass is 543 g/mol. The van der Waals surface area contributed by atoms with Crippen LogP contribution in [0.1, 0.15) is 49.8 Å². The van der Waals surface area contributed by atoms with Crippen LogP contribution in [-0.2, 0) is 29.0 Å². The molecule has 11 nitrogen and oxygen atoms in total. The maximum atomic E-state index is 12.1. The van der Waals surface area contributed by atoms with Crippen LogP contribution in [0.3, 0.4) is 0 Å². The van der Waals surface area contributed by atoms with Gasteiger partial charge in [-0.3, -0.25) is 9.59 Å². The van der Waals surface area contributed by atoms with Gasteiger partial charge in [-0.2, -0.15) is 11.8 Å². The van der Waals surface area contributed by atoms with E-state index >= 15 is 0 Å². The van der Waals surface area contributed by atoms with Gasteiger partial charge in [-0.05, 0) is 56.2 Å². The predicted molar refractivity (Wildman–Crippen MR) is 145 cm³/mol. The van der Waals surface area contributed by atoms with Gasteiger partial charge in [0.1, 0.15) is 12.3 Å². The summed E-state index contributed by atoms with van der Waals surface area (Å²) >= 11 is 1.90. The number of fused-ring (bicyclic) bond motifs is 1. The van der Waals surface area contributed by atoms with Crippen molar-refractivity contribution in [3.8, 4) is 5.75 Å². The number of thioether (sulfide) groups is 1. The van der Waals surface area contributed by atoms with Crippen molar-refractivity contribution in [3.63, 3.8) is 0 Å². The Bertz CT molecular complexity index is 1080. The van der Waals surface area contributed by atoms with Crippen LogP contribution in [0.25, 0.3) is 0 Å². The predicted octanol–water partition coefficient (Wildman–Crippen LogP) is 1.51. The van der Waals surface area contributed by atoms with E-state index in [4.69, 9.17) is 0 Å². The first-order valence-electron chi connectivity index (χ1n) is 13.4. The zero-order valence-electron chi connectivity index (χ0n) is 21.5. The second-order valence-corrected chi connectivity index (χ2v) is 11.1. The Labute approximate surface area is 226 Å². The van der Waals surface area contributed by atoms with Gasteiger partial charge < -0.3 is 26.4 Å². The van der Waals surface area contributed by atoms with E-state index in [2.05, 4.69) is 31.6 Å². The average molecular weight is 544 g/mol. The van der Waals surface area contributed by atoms with Crippen LogP contribution >= 0.6 is 11.8 Å². The van der Waals surface area contributed by atoms with Crippen molar-refractivity contribution in [2.24, 2.45) is 0 Å². The van der Waals surface area contributed by atoms with E-state index in [0.717, 1.165) is 55.5 Å². The summed E-state index contributed by atoms with van der Waals surface area (Å²) in [6.07, 6.45) is 8.32. The van der Waals surface area contributed by atoms with Gasteiger partial charge in [-0.15, -0.1) is 5.10 Å². The third-order valence-corrected chi connectivity index (χ3v) is 8.34. The van der Waals surface area contributed by atoms with E-state index in [9.17, 15) is 19.5 Å². The van der Waals surface area contributed by atoms with Gasteiger partial charge >= 0.3 is 6.03 Å². The Morgan fingerprint density at radius 3 is 2.68 bits per heavy atom. The molecule has 1 aromatic carbocycles. The molecule has 1 aromatic heterocycles. The van der Waals surface area contributed by atoms with Gasteiger partial charge in [0.25, 0.3) is 0 Å². The van der Waals surface area contributed by atoms with Gasteiger partial charge in [-0.25, -0.2) is 9.48 Å². The van der Waals surface area contributed by atoms with Crippen LogP contribution in [0.2, 0.25) is 0 Å². The molecule has 2 aromatic rings. The molecule has 0 spiro atoms. The molecular weight excluding hydrogens is 506 g/mol. The van der Waals surface area contributed by atoms with Crippen molar-refractivity contribution in [1.29, 1.82) is 0 Å². The third-order valence-electron chi connectivity index (χ3n) is 6.83. The van der Waals surface area contributed by atoms with Gasteiger partial charge in [0.2, 0.25) is 11.8 Å². The molecule has 0 bridgehead atoms. The number of nitrogens with zero attached hydrogens (tertiary/aromatic N) is 3. The fourth-order valence-electron chi connectivity index (χ4n) is 4.76. The van der Waals surface area contributed by atoms with Crippen molar-refractivity contribution in [2.75, 3.05) is 18.8 Å². The second kappa shape index (κ2) is 14.0. The zero-order chi connectivity index (χ0) is 26.7. The first-order valence-corrected chi connectivity index (χ1v) is 14.4. The molecule has 12 heteroatoms. The first kappa shape index (κ1) is 27.7. The molecule has 3 unspecified atom stereocenters. The number of carbonyl (C=O) groups excluding carboxylic acids is 3. The molecule has 0 aliphatic carbocycles. The highest BCUT2D eigenvalue weighted by atomic mass is 32.2. The summed E-state index contributed by atoms with van der Waals surface area (Å²) in [5.74, 6) is 1.14. The van der Waals surface area contributed by atoms with Gasteiger partial charge in [0.15, 0.2) is 0 Å². The SMILES string of the molecule is O=C(CCCCC1SCC2NC(=O)NC21)NCCCCc1cn(CC(=O)NCCc2ccc(O)cc2)nn1. The highest BCUT2D eigenvalue weighted by molar-refractivity contribution is 8.00. The summed E-state index contributed by atoms with van der Waals surface area (Å²) in [4.78, 5) is 35.7. The number of rotatable bonds is 15. The lowest BCUT2D eigenvalue weighted by Crippen LogP contribution is -2.36. The fourth-order valence-corrected chi connectivity index (χ4v) is 6.31. The Hall–Kier alpha value is -3.28. The standard InChI is InChI=1S/C26H37N7O4S/c34-20-10-8-18(9-11-20)12-14-28-24(36)16-33-15-19(31-32-33)5-3-4-13-27-23(35)7-2-1-6-22-25-21(17-38-22)29-26(37)30-25/h8-11,15,21-22,25,34H,1-7,12-14,16-17H2,(H,27,35)(H,28,36)(H2,29,30,37). The van der Waals surface area contributed by atoms with Crippen molar-refractivity contribution >= 4 is 29.6 Å². The molecular formula is C26H37N7O4S. The Morgan fingerprint density at radius 1 is 1.03 bits per heavy atom. The number of carbonyl (C=O) groups is 3. The number of phenolic OH excluding ortho intramolecular Hbond substituents is 1. The molecule has 3 atom stereocenters. The van der Waals surface area contributed by atoms with E-state index < -0.39 is 0 Å². The number of hydrogen-bond donors (Lipinski definition) is 5. The Balaban J connectivity index is 0.997. The molecule has 4 rings (SSSR count). The molecule has 4 amide bonds. The van der Waals surface area contributed by atoms with Crippen LogP contribution in [0.15, 0.2) is 30.5 Å². The van der Waals surface area contributed by atoms with Crippen LogP contribution in [-0.4, -0.2) is 74.1 Å². The van der Waals surface area contributed by atoms with E-state index in [1.54, 1.807) is 18.3 Å². The Morgan fingerprint density at radius 2 is 1.84 bits per heavy atom. The van der Waals surface area contributed by atoms with Crippen molar-refractivity contribution < 1.29 is 19.5 Å². The second-order valence-electron chi connectivity index (χ2n) is 9.85. The summed E-state index contributed by atoms with van der Waals surface area (Å²) in [6.45, 7) is 1.26. The van der Waals surface area contributed by atoms with Gasteiger partial charge in [-0.1, -0.05) is 23.8 Å². The van der Waals surface area contributed by atoms with E-state index in [0.29, 0.717) is 31.2 Å². The van der Waals surface area contributed by atoms with Gasteiger partial charge in [0, 0.05) is 36.7 Å². The maximum Gasteiger partial charge on any atom is 0.315 e. The van der Waals surface area contributed by atoms with Crippen molar-refractivity contribution in [3.05, 3.63) is 41.7 Å². The van der Waals surface area contributed by atoms with Crippen LogP contribution in [0.4, 0.5) is 4.79 Å². The van der Waals surface area contributed by atoms with Crippen LogP contribution in [0.5, 0.6) is 5.75 Å². The van der Waals surface area contributed by atoms with Crippen molar-refractivity contribution in [1.82, 2.24) is 36.3 Å². The fraction of sp³-hybridized carbons (Fsp3) is 0.577. The van der Waals surface area contributed by atoms with Crippen LogP contribution < -0.4 is 21.3 Å². The number of nitrogens with one attached hydrogen (secondary N) is 4. The molecule has 0 saturated carbocycles. The lowest BCUT2D eigenvalue weighted by atomic mass is 10.0. The van der Waals surface area contributed by atoms with Crippen molar-refractivity contribution in [2.45, 2.75) is 75.2 Å². The van der Waals surface area contributed by atoms with Gasteiger partial charge in [0.05, 0.1) is 17.8 Å². The zero-order valence-corrected chi connectivity index (χ0v) is 22.3. The lowest BCUT2D eigenvalue weighted by Gasteiger charge is -2.16. The number of unbranched alkanes of at least 4 members (excludes halogenated alkanes) is 2. The number of urea groups is 1. The number of aryl methyl sites for hydroxylation is 1. The summed E-state index contributed by atoms with van der Waals surface area (Å²) in [7, 11) is 0. The first-order chi connectivity index (χ1) is 18.5. The number of benzene rings is 1. The molecule has 2 aliphatic rings. The number of aromatic nitrogens is 3. The molecule has 38 heavy (non-hydrogen) atoms.